The average molecular weight is 508 g/mol. The number of nitrogens with zero attached hydrogens (tertiary/aromatic N) is 2. The first-order valence-corrected chi connectivity index (χ1v) is 9.66. The third kappa shape index (κ3) is 13.0. The molecule has 1 aromatic carbocycles. The van der Waals surface area contributed by atoms with Crippen LogP contribution in [0.1, 0.15) is 19.8 Å². The highest BCUT2D eigenvalue weighted by Crippen LogP contribution is 2.18. The van der Waals surface area contributed by atoms with Gasteiger partial charge in [-0.3, -0.25) is 4.99 Å². The molecule has 0 amide bonds. The number of benzene rings is 1. The summed E-state index contributed by atoms with van der Waals surface area (Å²) in [6.45, 7) is 7.91. The van der Waals surface area contributed by atoms with E-state index in [-0.39, 0.29) is 24.0 Å². The van der Waals surface area contributed by atoms with E-state index in [1.165, 1.54) is 0 Å². The van der Waals surface area contributed by atoms with Crippen molar-refractivity contribution in [1.82, 2.24) is 15.5 Å². The van der Waals surface area contributed by atoms with Crippen molar-refractivity contribution >= 4 is 29.9 Å². The molecule has 1 aromatic rings. The third-order valence-electron chi connectivity index (χ3n) is 3.90. The van der Waals surface area contributed by atoms with Crippen LogP contribution in [0.15, 0.2) is 29.3 Å². The Hall–Kier alpha value is -1.26. The van der Waals surface area contributed by atoms with Crippen molar-refractivity contribution in [2.24, 2.45) is 4.99 Å². The van der Waals surface area contributed by atoms with E-state index in [9.17, 15) is 0 Å². The monoisotopic (exact) mass is 508 g/mol. The zero-order chi connectivity index (χ0) is 19.7. The SMILES string of the molecule is CCNC(=NCCCOc1cccc(OC)c1)NCCN(C)CCCOC.I. The lowest BCUT2D eigenvalue weighted by Gasteiger charge is -2.18. The first kappa shape index (κ1) is 26.7. The van der Waals surface area contributed by atoms with Gasteiger partial charge in [-0.15, -0.1) is 24.0 Å². The van der Waals surface area contributed by atoms with Gasteiger partial charge in [0.1, 0.15) is 11.5 Å². The summed E-state index contributed by atoms with van der Waals surface area (Å²) in [6.07, 6.45) is 1.90. The fraction of sp³-hybridized carbons (Fsp3) is 0.650. The third-order valence-corrected chi connectivity index (χ3v) is 3.90. The normalized spacial score (nSPS) is 11.1. The van der Waals surface area contributed by atoms with Crippen molar-refractivity contribution in [3.05, 3.63) is 24.3 Å². The number of ether oxygens (including phenoxy) is 3. The second-order valence-corrected chi connectivity index (χ2v) is 6.22. The van der Waals surface area contributed by atoms with E-state index in [0.29, 0.717) is 13.2 Å². The van der Waals surface area contributed by atoms with E-state index < -0.39 is 0 Å². The summed E-state index contributed by atoms with van der Waals surface area (Å²) in [5, 5.41) is 6.65. The van der Waals surface area contributed by atoms with Crippen molar-refractivity contribution in [2.75, 3.05) is 67.2 Å². The Kier molecular flexibility index (Phi) is 17.0. The van der Waals surface area contributed by atoms with Gasteiger partial charge >= 0.3 is 0 Å². The van der Waals surface area contributed by atoms with E-state index >= 15 is 0 Å². The Morgan fingerprint density at radius 1 is 1.07 bits per heavy atom. The summed E-state index contributed by atoms with van der Waals surface area (Å²) in [5.41, 5.74) is 0. The van der Waals surface area contributed by atoms with Crippen LogP contribution < -0.4 is 20.1 Å². The number of rotatable bonds is 14. The quantitative estimate of drug-likeness (QED) is 0.174. The highest BCUT2D eigenvalue weighted by atomic mass is 127. The molecule has 0 heterocycles. The van der Waals surface area contributed by atoms with Crippen LogP contribution >= 0.6 is 24.0 Å². The van der Waals surface area contributed by atoms with E-state index in [2.05, 4.69) is 34.5 Å². The molecule has 0 unspecified atom stereocenters. The number of hydrogen-bond acceptors (Lipinski definition) is 5. The maximum atomic E-state index is 5.74. The molecule has 0 atom stereocenters. The maximum Gasteiger partial charge on any atom is 0.191 e. The van der Waals surface area contributed by atoms with E-state index in [4.69, 9.17) is 14.2 Å². The lowest BCUT2D eigenvalue weighted by molar-refractivity contribution is 0.180. The summed E-state index contributed by atoms with van der Waals surface area (Å²) < 4.78 is 16.0. The molecule has 0 spiro atoms. The van der Waals surface area contributed by atoms with Crippen LogP contribution in [0.25, 0.3) is 0 Å². The van der Waals surface area contributed by atoms with Gasteiger partial charge < -0.3 is 29.7 Å². The van der Waals surface area contributed by atoms with Crippen LogP contribution in [0, 0.1) is 0 Å². The molecule has 0 aliphatic rings. The predicted octanol–water partition coefficient (Wildman–Crippen LogP) is 2.61. The number of aliphatic imine (C=N–C) groups is 1. The molecule has 0 saturated heterocycles. The maximum absolute atomic E-state index is 5.74. The Balaban J connectivity index is 0.00000729. The minimum absolute atomic E-state index is 0. The highest BCUT2D eigenvalue weighted by Gasteiger charge is 2.01. The van der Waals surface area contributed by atoms with E-state index in [1.807, 2.05) is 24.3 Å². The second-order valence-electron chi connectivity index (χ2n) is 6.22. The van der Waals surface area contributed by atoms with Crippen LogP contribution in [0.2, 0.25) is 0 Å². The van der Waals surface area contributed by atoms with Crippen molar-refractivity contribution in [3.63, 3.8) is 0 Å². The van der Waals surface area contributed by atoms with Gasteiger partial charge in [0.25, 0.3) is 0 Å². The number of methoxy groups -OCH3 is 2. The molecular weight excluding hydrogens is 471 g/mol. The molecule has 0 bridgehead atoms. The van der Waals surface area contributed by atoms with Gasteiger partial charge in [-0.25, -0.2) is 0 Å². The Labute approximate surface area is 187 Å². The van der Waals surface area contributed by atoms with Gasteiger partial charge in [0.15, 0.2) is 5.96 Å². The summed E-state index contributed by atoms with van der Waals surface area (Å²) in [7, 11) is 5.51. The molecule has 0 radical (unpaired) electrons. The predicted molar refractivity (Wildman–Crippen MR) is 126 cm³/mol. The zero-order valence-corrected chi connectivity index (χ0v) is 20.0. The topological polar surface area (TPSA) is 67.4 Å². The van der Waals surface area contributed by atoms with Crippen LogP contribution in [-0.4, -0.2) is 78.1 Å². The largest absolute Gasteiger partial charge is 0.497 e. The lowest BCUT2D eigenvalue weighted by Crippen LogP contribution is -2.41. The summed E-state index contributed by atoms with van der Waals surface area (Å²) in [6, 6.07) is 7.64. The van der Waals surface area contributed by atoms with Crippen LogP contribution in [0.5, 0.6) is 11.5 Å². The molecule has 0 aromatic heterocycles. The minimum atomic E-state index is 0. The van der Waals surface area contributed by atoms with Crippen LogP contribution in [0.4, 0.5) is 0 Å². The first-order valence-electron chi connectivity index (χ1n) is 9.66. The smallest absolute Gasteiger partial charge is 0.191 e. The molecule has 8 heteroatoms. The molecule has 0 aliphatic carbocycles. The molecule has 0 aliphatic heterocycles. The lowest BCUT2D eigenvalue weighted by atomic mass is 10.3. The number of hydrogen-bond donors (Lipinski definition) is 2. The fourth-order valence-electron chi connectivity index (χ4n) is 2.43. The van der Waals surface area contributed by atoms with Crippen molar-refractivity contribution in [1.29, 1.82) is 0 Å². The van der Waals surface area contributed by atoms with Gasteiger partial charge in [0, 0.05) is 58.9 Å². The van der Waals surface area contributed by atoms with Crippen molar-refractivity contribution in [2.45, 2.75) is 19.8 Å². The zero-order valence-electron chi connectivity index (χ0n) is 17.7. The highest BCUT2D eigenvalue weighted by molar-refractivity contribution is 14.0. The summed E-state index contributed by atoms with van der Waals surface area (Å²) in [5.74, 6) is 2.47. The van der Waals surface area contributed by atoms with Gasteiger partial charge in [0.05, 0.1) is 13.7 Å². The molecule has 162 valence electrons. The molecular formula is C20H37IN4O3. The van der Waals surface area contributed by atoms with Crippen molar-refractivity contribution in [3.8, 4) is 11.5 Å². The average Bonchev–Trinajstić information content (AvgIpc) is 2.68. The molecule has 7 nitrogen and oxygen atoms in total. The molecule has 28 heavy (non-hydrogen) atoms. The van der Waals surface area contributed by atoms with Gasteiger partial charge in [0.2, 0.25) is 0 Å². The Morgan fingerprint density at radius 2 is 1.86 bits per heavy atom. The number of likely N-dealkylation sites (N-methyl/N-ethyl adjacent to an activating group) is 1. The fourth-order valence-corrected chi connectivity index (χ4v) is 2.43. The number of halogens is 1. The van der Waals surface area contributed by atoms with Gasteiger partial charge in [-0.2, -0.15) is 0 Å². The second kappa shape index (κ2) is 17.8. The van der Waals surface area contributed by atoms with Crippen LogP contribution in [-0.2, 0) is 4.74 Å². The van der Waals surface area contributed by atoms with E-state index in [1.54, 1.807) is 14.2 Å². The Morgan fingerprint density at radius 3 is 2.57 bits per heavy atom. The molecule has 0 fully saturated rings. The first-order chi connectivity index (χ1) is 13.2. The van der Waals surface area contributed by atoms with Gasteiger partial charge in [-0.1, -0.05) is 6.07 Å². The Bertz CT molecular complexity index is 532. The van der Waals surface area contributed by atoms with Crippen molar-refractivity contribution < 1.29 is 14.2 Å². The number of nitrogens with one attached hydrogen (secondary N) is 2. The summed E-state index contributed by atoms with van der Waals surface area (Å²) >= 11 is 0. The van der Waals surface area contributed by atoms with Gasteiger partial charge in [-0.05, 0) is 32.5 Å². The molecule has 0 saturated carbocycles. The molecule has 1 rings (SSSR count). The number of guanidine groups is 1. The standard InChI is InChI=1S/C20H36N4O3.HI/c1-5-21-20(23-12-14-24(2)13-8-15-25-3)22-11-7-16-27-19-10-6-9-18(17-19)26-4;/h6,9-10,17H,5,7-8,11-16H2,1-4H3,(H2,21,22,23);1H. The summed E-state index contributed by atoms with van der Waals surface area (Å²) in [4.78, 5) is 6.89. The minimum Gasteiger partial charge on any atom is -0.497 e. The van der Waals surface area contributed by atoms with E-state index in [0.717, 1.165) is 63.1 Å². The molecule has 2 N–H and O–H groups in total. The van der Waals surface area contributed by atoms with Crippen LogP contribution in [0.3, 0.4) is 0 Å².